The standard InChI is InChI=1S/C16H14O3/c1-2-18-16(17)15-13-9-4-3-7-11(13)12-8-5-6-10-14(12)19-15/h3-10,15H,2H2,1H3/t15-/m1/s1. The van der Waals surface area contributed by atoms with E-state index in [4.69, 9.17) is 9.47 Å². The maximum atomic E-state index is 12.0. The molecular formula is C16H14O3. The average Bonchev–Trinajstić information content (AvgIpc) is 2.46. The molecule has 0 amide bonds. The molecule has 0 saturated heterocycles. The molecule has 0 unspecified atom stereocenters. The molecule has 0 N–H and O–H groups in total. The molecule has 3 nitrogen and oxygen atoms in total. The lowest BCUT2D eigenvalue weighted by Gasteiger charge is -2.27. The van der Waals surface area contributed by atoms with Gasteiger partial charge in [0.2, 0.25) is 6.10 Å². The first-order valence-corrected chi connectivity index (χ1v) is 6.33. The molecule has 0 saturated carbocycles. The summed E-state index contributed by atoms with van der Waals surface area (Å²) in [6, 6.07) is 15.5. The van der Waals surface area contributed by atoms with Gasteiger partial charge in [0, 0.05) is 11.1 Å². The Morgan fingerprint density at radius 2 is 1.79 bits per heavy atom. The third kappa shape index (κ3) is 1.97. The number of ether oxygens (including phenoxy) is 2. The van der Waals surface area contributed by atoms with E-state index < -0.39 is 6.10 Å². The van der Waals surface area contributed by atoms with Crippen LogP contribution in [0.4, 0.5) is 0 Å². The SMILES string of the molecule is CCOC(=O)[C@@H]1Oc2ccccc2-c2ccccc21. The van der Waals surface area contributed by atoms with Crippen LogP contribution in [0, 0.1) is 0 Å². The molecule has 1 aliphatic heterocycles. The van der Waals surface area contributed by atoms with Crippen LogP contribution in [0.15, 0.2) is 48.5 Å². The van der Waals surface area contributed by atoms with Crippen molar-refractivity contribution in [2.75, 3.05) is 6.61 Å². The number of rotatable bonds is 2. The Hall–Kier alpha value is -2.29. The van der Waals surface area contributed by atoms with E-state index in [-0.39, 0.29) is 5.97 Å². The van der Waals surface area contributed by atoms with Crippen LogP contribution < -0.4 is 4.74 Å². The second-order valence-electron chi connectivity index (χ2n) is 4.33. The van der Waals surface area contributed by atoms with Crippen LogP contribution in [0.1, 0.15) is 18.6 Å². The largest absolute Gasteiger partial charge is 0.473 e. The van der Waals surface area contributed by atoms with Gasteiger partial charge in [0.1, 0.15) is 5.75 Å². The third-order valence-electron chi connectivity index (χ3n) is 3.17. The van der Waals surface area contributed by atoms with Crippen molar-refractivity contribution in [2.24, 2.45) is 0 Å². The molecule has 0 aromatic heterocycles. The summed E-state index contributed by atoms with van der Waals surface area (Å²) in [6.07, 6.45) is -0.675. The number of fused-ring (bicyclic) bond motifs is 3. The van der Waals surface area contributed by atoms with Crippen molar-refractivity contribution in [1.29, 1.82) is 0 Å². The highest BCUT2D eigenvalue weighted by molar-refractivity contribution is 5.85. The minimum Gasteiger partial charge on any atom is -0.473 e. The van der Waals surface area contributed by atoms with E-state index in [1.165, 1.54) is 0 Å². The lowest BCUT2D eigenvalue weighted by atomic mass is 9.93. The monoisotopic (exact) mass is 254 g/mol. The Morgan fingerprint density at radius 1 is 1.11 bits per heavy atom. The molecular weight excluding hydrogens is 240 g/mol. The number of hydrogen-bond donors (Lipinski definition) is 0. The van der Waals surface area contributed by atoms with Gasteiger partial charge in [-0.15, -0.1) is 0 Å². The van der Waals surface area contributed by atoms with Crippen molar-refractivity contribution in [2.45, 2.75) is 13.0 Å². The van der Waals surface area contributed by atoms with E-state index in [0.717, 1.165) is 22.4 Å². The molecule has 1 aliphatic rings. The highest BCUT2D eigenvalue weighted by atomic mass is 16.6. The maximum Gasteiger partial charge on any atom is 0.352 e. The van der Waals surface area contributed by atoms with E-state index in [1.54, 1.807) is 6.92 Å². The molecule has 3 rings (SSSR count). The zero-order valence-electron chi connectivity index (χ0n) is 10.6. The normalized spacial score (nSPS) is 15.9. The number of esters is 1. The molecule has 2 aromatic rings. The molecule has 0 spiro atoms. The minimum atomic E-state index is -0.675. The smallest absolute Gasteiger partial charge is 0.352 e. The van der Waals surface area contributed by atoms with E-state index in [0.29, 0.717) is 6.61 Å². The molecule has 19 heavy (non-hydrogen) atoms. The van der Waals surface area contributed by atoms with E-state index in [2.05, 4.69) is 0 Å². The van der Waals surface area contributed by atoms with Gasteiger partial charge in [0.15, 0.2) is 0 Å². The minimum absolute atomic E-state index is 0.343. The van der Waals surface area contributed by atoms with Crippen molar-refractivity contribution in [3.8, 4) is 16.9 Å². The second kappa shape index (κ2) is 4.76. The Bertz CT molecular complexity index is 619. The quantitative estimate of drug-likeness (QED) is 0.771. The van der Waals surface area contributed by atoms with Crippen LogP contribution in [0.2, 0.25) is 0 Å². The first-order valence-electron chi connectivity index (χ1n) is 6.33. The molecule has 2 aromatic carbocycles. The first-order chi connectivity index (χ1) is 9.31. The molecule has 0 fully saturated rings. The van der Waals surface area contributed by atoms with Gasteiger partial charge in [-0.05, 0) is 18.6 Å². The average molecular weight is 254 g/mol. The number of carbonyl (C=O) groups is 1. The molecule has 96 valence electrons. The highest BCUT2D eigenvalue weighted by Crippen LogP contribution is 2.42. The van der Waals surface area contributed by atoms with Gasteiger partial charge >= 0.3 is 5.97 Å². The van der Waals surface area contributed by atoms with Crippen molar-refractivity contribution in [3.05, 3.63) is 54.1 Å². The summed E-state index contributed by atoms with van der Waals surface area (Å²) in [4.78, 5) is 12.0. The molecule has 0 radical (unpaired) electrons. The Labute approximate surface area is 111 Å². The van der Waals surface area contributed by atoms with Crippen LogP contribution in [0.5, 0.6) is 5.75 Å². The van der Waals surface area contributed by atoms with Crippen LogP contribution >= 0.6 is 0 Å². The predicted octanol–water partition coefficient (Wildman–Crippen LogP) is 3.35. The van der Waals surface area contributed by atoms with Crippen LogP contribution in [-0.4, -0.2) is 12.6 Å². The van der Waals surface area contributed by atoms with Gasteiger partial charge in [-0.25, -0.2) is 4.79 Å². The lowest BCUT2D eigenvalue weighted by molar-refractivity contribution is -0.151. The summed E-state index contributed by atoms with van der Waals surface area (Å²) in [5.74, 6) is 0.378. The van der Waals surface area contributed by atoms with E-state index in [1.807, 2.05) is 48.5 Å². The predicted molar refractivity (Wildman–Crippen MR) is 71.9 cm³/mol. The van der Waals surface area contributed by atoms with Gasteiger partial charge in [0.05, 0.1) is 6.61 Å². The molecule has 0 bridgehead atoms. The number of para-hydroxylation sites is 1. The first kappa shape index (κ1) is 11.8. The van der Waals surface area contributed by atoms with Crippen molar-refractivity contribution in [3.63, 3.8) is 0 Å². The van der Waals surface area contributed by atoms with Crippen molar-refractivity contribution in [1.82, 2.24) is 0 Å². The van der Waals surface area contributed by atoms with E-state index >= 15 is 0 Å². The summed E-state index contributed by atoms with van der Waals surface area (Å²) >= 11 is 0. The summed E-state index contributed by atoms with van der Waals surface area (Å²) in [5.41, 5.74) is 2.90. The van der Waals surface area contributed by atoms with Gasteiger partial charge in [0.25, 0.3) is 0 Å². The fourth-order valence-electron chi connectivity index (χ4n) is 2.35. The zero-order chi connectivity index (χ0) is 13.2. The second-order valence-corrected chi connectivity index (χ2v) is 4.33. The molecule has 1 atom stereocenters. The number of hydrogen-bond acceptors (Lipinski definition) is 3. The third-order valence-corrected chi connectivity index (χ3v) is 3.17. The van der Waals surface area contributed by atoms with Gasteiger partial charge < -0.3 is 9.47 Å². The van der Waals surface area contributed by atoms with Crippen molar-refractivity contribution < 1.29 is 14.3 Å². The molecule has 0 aliphatic carbocycles. The highest BCUT2D eigenvalue weighted by Gasteiger charge is 2.31. The zero-order valence-corrected chi connectivity index (χ0v) is 10.6. The fourth-order valence-corrected chi connectivity index (χ4v) is 2.35. The molecule has 1 heterocycles. The molecule has 3 heteroatoms. The lowest BCUT2D eigenvalue weighted by Crippen LogP contribution is -2.24. The maximum absolute atomic E-state index is 12.0. The summed E-state index contributed by atoms with van der Waals surface area (Å²) in [7, 11) is 0. The van der Waals surface area contributed by atoms with Gasteiger partial charge in [-0.3, -0.25) is 0 Å². The van der Waals surface area contributed by atoms with Crippen LogP contribution in [0.3, 0.4) is 0 Å². The fraction of sp³-hybridized carbons (Fsp3) is 0.188. The summed E-state index contributed by atoms with van der Waals surface area (Å²) < 4.78 is 10.9. The Kier molecular flexibility index (Phi) is 2.95. The Morgan fingerprint density at radius 3 is 2.58 bits per heavy atom. The summed E-state index contributed by atoms with van der Waals surface area (Å²) in [5, 5.41) is 0. The topological polar surface area (TPSA) is 35.5 Å². The van der Waals surface area contributed by atoms with Crippen LogP contribution in [-0.2, 0) is 9.53 Å². The van der Waals surface area contributed by atoms with E-state index in [9.17, 15) is 4.79 Å². The summed E-state index contributed by atoms with van der Waals surface area (Å²) in [6.45, 7) is 2.14. The van der Waals surface area contributed by atoms with Crippen molar-refractivity contribution >= 4 is 5.97 Å². The Balaban J connectivity index is 2.11. The van der Waals surface area contributed by atoms with Gasteiger partial charge in [-0.2, -0.15) is 0 Å². The van der Waals surface area contributed by atoms with Crippen LogP contribution in [0.25, 0.3) is 11.1 Å². The number of benzene rings is 2. The van der Waals surface area contributed by atoms with Gasteiger partial charge in [-0.1, -0.05) is 42.5 Å². The number of carbonyl (C=O) groups excluding carboxylic acids is 1.